The second-order valence-corrected chi connectivity index (χ2v) is 6.94. The molecule has 2 aromatic carbocycles. The zero-order chi connectivity index (χ0) is 21.4. The molecule has 154 valence electrons. The van der Waals surface area contributed by atoms with Crippen molar-refractivity contribution >= 4 is 29.3 Å². The zero-order valence-corrected chi connectivity index (χ0v) is 16.8. The maximum atomic E-state index is 12.4. The van der Waals surface area contributed by atoms with Crippen molar-refractivity contribution in [2.45, 2.75) is 39.3 Å². The molecule has 2 amide bonds. The second-order valence-electron chi connectivity index (χ2n) is 6.94. The van der Waals surface area contributed by atoms with Gasteiger partial charge < -0.3 is 26.8 Å². The average molecular weight is 397 g/mol. The van der Waals surface area contributed by atoms with Gasteiger partial charge in [0.15, 0.2) is 5.96 Å². The molecule has 0 spiro atoms. The van der Waals surface area contributed by atoms with E-state index in [-0.39, 0.29) is 24.0 Å². The molecule has 0 aliphatic heterocycles. The maximum Gasteiger partial charge on any atom is 0.407 e. The number of aliphatic imine (C=N–C) groups is 1. The number of carbonyl (C=O) groups is 2. The third-order valence-corrected chi connectivity index (χ3v) is 3.83. The van der Waals surface area contributed by atoms with Crippen LogP contribution in [0.5, 0.6) is 0 Å². The van der Waals surface area contributed by atoms with E-state index in [4.69, 9.17) is 16.2 Å². The molecule has 0 saturated carbocycles. The summed E-state index contributed by atoms with van der Waals surface area (Å²) in [6.07, 6.45) is 0.0479. The monoisotopic (exact) mass is 397 g/mol. The van der Waals surface area contributed by atoms with Crippen LogP contribution in [0.25, 0.3) is 0 Å². The van der Waals surface area contributed by atoms with E-state index in [0.29, 0.717) is 23.4 Å². The highest BCUT2D eigenvalue weighted by Gasteiger charge is 2.11. The van der Waals surface area contributed by atoms with E-state index in [0.717, 1.165) is 5.56 Å². The fourth-order valence-corrected chi connectivity index (χ4v) is 2.65. The van der Waals surface area contributed by atoms with Gasteiger partial charge in [-0.25, -0.2) is 9.79 Å². The molecule has 8 heteroatoms. The number of alkyl carbamates (subject to hydrolysis) is 1. The van der Waals surface area contributed by atoms with Crippen molar-refractivity contribution in [3.8, 4) is 0 Å². The van der Waals surface area contributed by atoms with Crippen LogP contribution in [0.1, 0.15) is 36.7 Å². The lowest BCUT2D eigenvalue weighted by atomic mass is 10.1. The van der Waals surface area contributed by atoms with E-state index >= 15 is 0 Å². The number of anilines is 1. The first-order chi connectivity index (χ1) is 13.7. The van der Waals surface area contributed by atoms with Crippen molar-refractivity contribution in [1.29, 1.82) is 0 Å². The molecule has 0 aliphatic rings. The normalized spacial score (nSPS) is 11.4. The van der Waals surface area contributed by atoms with E-state index in [1.165, 1.54) is 0 Å². The maximum absolute atomic E-state index is 12.4. The molecule has 8 nitrogen and oxygen atoms in total. The smallest absolute Gasteiger partial charge is 0.407 e. The van der Waals surface area contributed by atoms with Crippen LogP contribution < -0.4 is 22.1 Å². The van der Waals surface area contributed by atoms with Crippen LogP contribution in [0.15, 0.2) is 53.5 Å². The molecule has 29 heavy (non-hydrogen) atoms. The molecule has 0 heterocycles. The summed E-state index contributed by atoms with van der Waals surface area (Å²) in [5.41, 5.74) is 13.4. The molecule has 1 atom stereocenters. The number of nitrogens with two attached hydrogens (primary N) is 2. The summed E-state index contributed by atoms with van der Waals surface area (Å²) in [5, 5.41) is 5.62. The van der Waals surface area contributed by atoms with Crippen molar-refractivity contribution in [3.63, 3.8) is 0 Å². The van der Waals surface area contributed by atoms with Gasteiger partial charge >= 0.3 is 6.09 Å². The molecular formula is C21H27N5O3. The number of nitrogens with zero attached hydrogens (tertiary/aromatic N) is 1. The molecule has 6 N–H and O–H groups in total. The van der Waals surface area contributed by atoms with Crippen LogP contribution in [-0.4, -0.2) is 30.1 Å². The van der Waals surface area contributed by atoms with Crippen LogP contribution in [0.4, 0.5) is 16.2 Å². The Hall–Kier alpha value is -3.55. The number of amides is 2. The third kappa shape index (κ3) is 7.53. The molecule has 2 aromatic rings. The summed E-state index contributed by atoms with van der Waals surface area (Å²) >= 11 is 0. The number of guanidine groups is 1. The lowest BCUT2D eigenvalue weighted by molar-refractivity contribution is 0.102. The fraction of sp³-hybridized carbons (Fsp3) is 0.286. The highest BCUT2D eigenvalue weighted by molar-refractivity contribution is 6.04. The highest BCUT2D eigenvalue weighted by Crippen LogP contribution is 2.17. The lowest BCUT2D eigenvalue weighted by Crippen LogP contribution is -2.35. The van der Waals surface area contributed by atoms with Gasteiger partial charge in [-0.2, -0.15) is 0 Å². The largest absolute Gasteiger partial charge is 0.447 e. The Balaban J connectivity index is 1.94. The minimum absolute atomic E-state index is 0.0701. The van der Waals surface area contributed by atoms with E-state index in [1.54, 1.807) is 38.1 Å². The zero-order valence-electron chi connectivity index (χ0n) is 16.8. The lowest BCUT2D eigenvalue weighted by Gasteiger charge is -2.16. The number of hydrogen-bond acceptors (Lipinski definition) is 4. The summed E-state index contributed by atoms with van der Waals surface area (Å²) < 4.78 is 5.07. The van der Waals surface area contributed by atoms with Crippen LogP contribution in [0, 0.1) is 0 Å². The van der Waals surface area contributed by atoms with Gasteiger partial charge in [-0.05, 0) is 63.1 Å². The number of ether oxygens (including phenoxy) is 1. The summed E-state index contributed by atoms with van der Waals surface area (Å²) in [7, 11) is 0. The highest BCUT2D eigenvalue weighted by atomic mass is 16.6. The van der Waals surface area contributed by atoms with Crippen molar-refractivity contribution in [3.05, 3.63) is 59.7 Å². The van der Waals surface area contributed by atoms with E-state index in [1.807, 2.05) is 31.2 Å². The topological polar surface area (TPSA) is 132 Å². The van der Waals surface area contributed by atoms with E-state index < -0.39 is 6.09 Å². The summed E-state index contributed by atoms with van der Waals surface area (Å²) in [5.74, 6) is -0.337. The minimum atomic E-state index is -0.431. The predicted molar refractivity (Wildman–Crippen MR) is 114 cm³/mol. The first-order valence-electron chi connectivity index (χ1n) is 9.30. The SMILES string of the molecule is CC(Cc1ccc(NC(=O)c2cccc(N=C(N)N)c2)cc1)NC(=O)OC(C)C. The number of nitrogens with one attached hydrogen (secondary N) is 2. The number of benzene rings is 2. The Morgan fingerprint density at radius 2 is 1.76 bits per heavy atom. The second kappa shape index (κ2) is 10.1. The van der Waals surface area contributed by atoms with Crippen molar-refractivity contribution in [2.75, 3.05) is 5.32 Å². The standard InChI is InChI=1S/C21H27N5O3/c1-13(2)29-21(28)24-14(3)11-15-7-9-17(10-8-15)25-19(27)16-5-4-6-18(12-16)26-20(22)23/h4-10,12-14H,11H2,1-3H3,(H,24,28)(H,25,27)(H4,22,23,26). The quantitative estimate of drug-likeness (QED) is 0.421. The number of rotatable bonds is 7. The van der Waals surface area contributed by atoms with Gasteiger partial charge in [0.2, 0.25) is 0 Å². The molecule has 0 radical (unpaired) electrons. The van der Waals surface area contributed by atoms with Gasteiger partial charge in [0.05, 0.1) is 11.8 Å². The molecule has 0 aliphatic carbocycles. The van der Waals surface area contributed by atoms with Gasteiger partial charge in [0, 0.05) is 17.3 Å². The Morgan fingerprint density at radius 3 is 2.38 bits per heavy atom. The first kappa shape index (κ1) is 21.7. The van der Waals surface area contributed by atoms with Crippen LogP contribution in [0.3, 0.4) is 0 Å². The minimum Gasteiger partial charge on any atom is -0.447 e. The fourth-order valence-electron chi connectivity index (χ4n) is 2.65. The first-order valence-corrected chi connectivity index (χ1v) is 9.30. The molecule has 0 fully saturated rings. The van der Waals surface area contributed by atoms with Crippen LogP contribution >= 0.6 is 0 Å². The van der Waals surface area contributed by atoms with E-state index in [9.17, 15) is 9.59 Å². The van der Waals surface area contributed by atoms with E-state index in [2.05, 4.69) is 15.6 Å². The predicted octanol–water partition coefficient (Wildman–Crippen LogP) is 2.91. The molecule has 0 aromatic heterocycles. The Kier molecular flexibility index (Phi) is 7.59. The Morgan fingerprint density at radius 1 is 1.07 bits per heavy atom. The summed E-state index contributed by atoms with van der Waals surface area (Å²) in [4.78, 5) is 28.0. The summed E-state index contributed by atoms with van der Waals surface area (Å²) in [6.45, 7) is 5.50. The van der Waals surface area contributed by atoms with Crippen LogP contribution in [0.2, 0.25) is 0 Å². The number of hydrogen-bond donors (Lipinski definition) is 4. The summed E-state index contributed by atoms with van der Waals surface area (Å²) in [6, 6.07) is 14.0. The molecule has 1 unspecified atom stereocenters. The van der Waals surface area contributed by atoms with Gasteiger partial charge in [-0.3, -0.25) is 4.79 Å². The number of carbonyl (C=O) groups excluding carboxylic acids is 2. The molecule has 0 saturated heterocycles. The van der Waals surface area contributed by atoms with Gasteiger partial charge in [-0.15, -0.1) is 0 Å². The average Bonchev–Trinajstić information content (AvgIpc) is 2.62. The van der Waals surface area contributed by atoms with Crippen LogP contribution in [-0.2, 0) is 11.2 Å². The van der Waals surface area contributed by atoms with Gasteiger partial charge in [-0.1, -0.05) is 18.2 Å². The Bertz CT molecular complexity index is 874. The van der Waals surface area contributed by atoms with Gasteiger partial charge in [0.25, 0.3) is 5.91 Å². The van der Waals surface area contributed by atoms with Gasteiger partial charge in [0.1, 0.15) is 0 Å². The van der Waals surface area contributed by atoms with Crippen molar-refractivity contribution < 1.29 is 14.3 Å². The third-order valence-electron chi connectivity index (χ3n) is 3.83. The van der Waals surface area contributed by atoms with Crippen molar-refractivity contribution in [2.24, 2.45) is 16.5 Å². The van der Waals surface area contributed by atoms with Crippen molar-refractivity contribution in [1.82, 2.24) is 5.32 Å². The molecular weight excluding hydrogens is 370 g/mol. The molecule has 2 rings (SSSR count). The Labute approximate surface area is 170 Å². The molecule has 0 bridgehead atoms.